The van der Waals surface area contributed by atoms with E-state index in [0.717, 1.165) is 5.57 Å². The minimum absolute atomic E-state index is 0.106. The Balaban J connectivity index is 2.69. The fourth-order valence-electron chi connectivity index (χ4n) is 1.55. The molecule has 0 amide bonds. The average molecular weight is 190 g/mol. The van der Waals surface area contributed by atoms with E-state index in [4.69, 9.17) is 5.11 Å². The SMILES string of the molecule is CC#CC1=CC(C)C(CC(=O)O)C=C1. The summed E-state index contributed by atoms with van der Waals surface area (Å²) < 4.78 is 0. The van der Waals surface area contributed by atoms with Gasteiger partial charge in [-0.2, -0.15) is 0 Å². The molecule has 1 rings (SSSR count). The summed E-state index contributed by atoms with van der Waals surface area (Å²) in [5.74, 6) is 5.41. The maximum Gasteiger partial charge on any atom is 0.303 e. The van der Waals surface area contributed by atoms with Crippen molar-refractivity contribution in [3.63, 3.8) is 0 Å². The second kappa shape index (κ2) is 4.66. The van der Waals surface area contributed by atoms with Crippen LogP contribution >= 0.6 is 0 Å². The molecule has 0 aromatic heterocycles. The number of rotatable bonds is 2. The van der Waals surface area contributed by atoms with Gasteiger partial charge in [0.05, 0.1) is 6.42 Å². The summed E-state index contributed by atoms with van der Waals surface area (Å²) in [5.41, 5.74) is 0.988. The summed E-state index contributed by atoms with van der Waals surface area (Å²) in [4.78, 5) is 10.5. The lowest BCUT2D eigenvalue weighted by Crippen LogP contribution is -2.14. The Kier molecular flexibility index (Phi) is 3.53. The van der Waals surface area contributed by atoms with E-state index in [1.807, 2.05) is 25.2 Å². The molecule has 0 radical (unpaired) electrons. The van der Waals surface area contributed by atoms with E-state index >= 15 is 0 Å². The molecule has 2 atom stereocenters. The van der Waals surface area contributed by atoms with Gasteiger partial charge in [0.25, 0.3) is 0 Å². The molecule has 1 aliphatic rings. The zero-order valence-electron chi connectivity index (χ0n) is 8.45. The second-order valence-corrected chi connectivity index (χ2v) is 3.48. The van der Waals surface area contributed by atoms with Crippen LogP contribution in [0, 0.1) is 23.7 Å². The minimum Gasteiger partial charge on any atom is -0.481 e. The van der Waals surface area contributed by atoms with E-state index in [2.05, 4.69) is 11.8 Å². The molecular weight excluding hydrogens is 176 g/mol. The lowest BCUT2D eigenvalue weighted by Gasteiger charge is -2.19. The van der Waals surface area contributed by atoms with E-state index in [1.165, 1.54) is 0 Å². The molecule has 0 aromatic carbocycles. The molecule has 0 saturated carbocycles. The number of aliphatic carboxylic acids is 1. The third kappa shape index (κ3) is 2.77. The van der Waals surface area contributed by atoms with Crippen molar-refractivity contribution >= 4 is 5.97 Å². The molecule has 0 fully saturated rings. The molecule has 2 nitrogen and oxygen atoms in total. The van der Waals surface area contributed by atoms with E-state index in [-0.39, 0.29) is 18.3 Å². The first kappa shape index (κ1) is 10.6. The van der Waals surface area contributed by atoms with Gasteiger partial charge in [-0.15, -0.1) is 5.92 Å². The molecule has 2 unspecified atom stereocenters. The Morgan fingerprint density at radius 1 is 1.64 bits per heavy atom. The highest BCUT2D eigenvalue weighted by Crippen LogP contribution is 2.25. The van der Waals surface area contributed by atoms with Gasteiger partial charge < -0.3 is 5.11 Å². The van der Waals surface area contributed by atoms with Crippen molar-refractivity contribution in [2.45, 2.75) is 20.3 Å². The molecule has 0 heterocycles. The molecule has 1 N–H and O–H groups in total. The van der Waals surface area contributed by atoms with Crippen molar-refractivity contribution in [3.05, 3.63) is 23.8 Å². The maximum atomic E-state index is 10.5. The van der Waals surface area contributed by atoms with Crippen molar-refractivity contribution in [1.82, 2.24) is 0 Å². The number of hydrogen-bond donors (Lipinski definition) is 1. The van der Waals surface area contributed by atoms with Crippen LogP contribution in [-0.4, -0.2) is 11.1 Å². The molecule has 0 spiro atoms. The summed E-state index contributed by atoms with van der Waals surface area (Å²) in [6.45, 7) is 3.82. The van der Waals surface area contributed by atoms with Crippen molar-refractivity contribution in [3.8, 4) is 11.8 Å². The molecule has 1 aliphatic carbocycles. The quantitative estimate of drug-likeness (QED) is 0.678. The first-order chi connectivity index (χ1) is 6.63. The van der Waals surface area contributed by atoms with E-state index in [1.54, 1.807) is 6.92 Å². The van der Waals surface area contributed by atoms with Gasteiger partial charge in [-0.25, -0.2) is 0 Å². The lowest BCUT2D eigenvalue weighted by molar-refractivity contribution is -0.137. The number of carboxylic acids is 1. The Labute approximate surface area is 84.3 Å². The normalized spacial score (nSPS) is 24.9. The van der Waals surface area contributed by atoms with Crippen LogP contribution in [0.5, 0.6) is 0 Å². The average Bonchev–Trinajstić information content (AvgIpc) is 2.10. The Morgan fingerprint density at radius 2 is 2.36 bits per heavy atom. The van der Waals surface area contributed by atoms with Crippen LogP contribution in [0.15, 0.2) is 23.8 Å². The third-order valence-electron chi connectivity index (χ3n) is 2.32. The molecule has 2 heteroatoms. The van der Waals surface area contributed by atoms with Gasteiger partial charge in [0.1, 0.15) is 0 Å². The molecule has 74 valence electrons. The van der Waals surface area contributed by atoms with Crippen LogP contribution in [-0.2, 0) is 4.79 Å². The number of allylic oxidation sites excluding steroid dienone is 4. The van der Waals surface area contributed by atoms with E-state index in [9.17, 15) is 4.79 Å². The summed E-state index contributed by atoms with van der Waals surface area (Å²) in [5, 5.41) is 8.67. The van der Waals surface area contributed by atoms with Crippen LogP contribution in [0.25, 0.3) is 0 Å². The summed E-state index contributed by atoms with van der Waals surface area (Å²) >= 11 is 0. The van der Waals surface area contributed by atoms with Gasteiger partial charge >= 0.3 is 5.97 Å². The van der Waals surface area contributed by atoms with Crippen LogP contribution < -0.4 is 0 Å². The van der Waals surface area contributed by atoms with Crippen molar-refractivity contribution < 1.29 is 9.90 Å². The highest BCUT2D eigenvalue weighted by Gasteiger charge is 2.18. The zero-order valence-corrected chi connectivity index (χ0v) is 8.45. The maximum absolute atomic E-state index is 10.5. The molecule has 0 bridgehead atoms. The van der Waals surface area contributed by atoms with Gasteiger partial charge in [0.2, 0.25) is 0 Å². The highest BCUT2D eigenvalue weighted by molar-refractivity contribution is 5.67. The van der Waals surface area contributed by atoms with E-state index < -0.39 is 5.97 Å². The van der Waals surface area contributed by atoms with Gasteiger partial charge in [-0.1, -0.05) is 31.1 Å². The lowest BCUT2D eigenvalue weighted by atomic mass is 9.85. The van der Waals surface area contributed by atoms with Gasteiger partial charge in [-0.05, 0) is 18.8 Å². The first-order valence-corrected chi connectivity index (χ1v) is 4.68. The smallest absolute Gasteiger partial charge is 0.303 e. The van der Waals surface area contributed by atoms with E-state index in [0.29, 0.717) is 0 Å². The third-order valence-corrected chi connectivity index (χ3v) is 2.32. The number of carbonyl (C=O) groups is 1. The molecule has 0 aliphatic heterocycles. The topological polar surface area (TPSA) is 37.3 Å². The zero-order chi connectivity index (χ0) is 10.6. The number of carboxylic acid groups (broad SMARTS) is 1. The fourth-order valence-corrected chi connectivity index (χ4v) is 1.55. The van der Waals surface area contributed by atoms with Crippen LogP contribution in [0.4, 0.5) is 0 Å². The number of hydrogen-bond acceptors (Lipinski definition) is 1. The van der Waals surface area contributed by atoms with Crippen molar-refractivity contribution in [1.29, 1.82) is 0 Å². The molecule has 14 heavy (non-hydrogen) atoms. The highest BCUT2D eigenvalue weighted by atomic mass is 16.4. The van der Waals surface area contributed by atoms with Crippen molar-refractivity contribution in [2.24, 2.45) is 11.8 Å². The monoisotopic (exact) mass is 190 g/mol. The standard InChI is InChI=1S/C12H14O2/c1-3-4-10-5-6-11(8-12(13)14)9(2)7-10/h5-7,9,11H,8H2,1-2H3,(H,13,14). The minimum atomic E-state index is -0.745. The predicted molar refractivity (Wildman–Crippen MR) is 55.6 cm³/mol. The summed E-state index contributed by atoms with van der Waals surface area (Å²) in [7, 11) is 0. The van der Waals surface area contributed by atoms with Crippen LogP contribution in [0.2, 0.25) is 0 Å². The Morgan fingerprint density at radius 3 is 2.86 bits per heavy atom. The molecule has 0 saturated heterocycles. The summed E-state index contributed by atoms with van der Waals surface area (Å²) in [6, 6.07) is 0. The van der Waals surface area contributed by atoms with Gasteiger partial charge in [0.15, 0.2) is 0 Å². The summed E-state index contributed by atoms with van der Waals surface area (Å²) in [6.07, 6.45) is 6.08. The van der Waals surface area contributed by atoms with Gasteiger partial charge in [0, 0.05) is 5.57 Å². The largest absolute Gasteiger partial charge is 0.481 e. The Bertz CT molecular complexity index is 339. The van der Waals surface area contributed by atoms with Crippen LogP contribution in [0.3, 0.4) is 0 Å². The molecular formula is C12H14O2. The second-order valence-electron chi connectivity index (χ2n) is 3.48. The Hall–Kier alpha value is -1.49. The first-order valence-electron chi connectivity index (χ1n) is 4.68. The molecule has 0 aromatic rings. The predicted octanol–water partition coefficient (Wildman–Crippen LogP) is 2.23. The fraction of sp³-hybridized carbons (Fsp3) is 0.417. The van der Waals surface area contributed by atoms with Crippen molar-refractivity contribution in [2.75, 3.05) is 0 Å². The van der Waals surface area contributed by atoms with Crippen LogP contribution in [0.1, 0.15) is 20.3 Å². The van der Waals surface area contributed by atoms with Gasteiger partial charge in [-0.3, -0.25) is 4.79 Å².